The highest BCUT2D eigenvalue weighted by molar-refractivity contribution is 14.2. The van der Waals surface area contributed by atoms with Gasteiger partial charge in [-0.3, -0.25) is 0 Å². The van der Waals surface area contributed by atoms with Crippen LogP contribution >= 0.6 is 27.8 Å². The molecule has 0 amide bonds. The van der Waals surface area contributed by atoms with Crippen LogP contribution in [-0.4, -0.2) is 13.3 Å². The Morgan fingerprint density at radius 2 is 2.18 bits per heavy atom. The third kappa shape index (κ3) is 7.23. The van der Waals surface area contributed by atoms with E-state index < -0.39 is 0 Å². The maximum atomic E-state index is 5.48. The Kier molecular flexibility index (Phi) is 5.93. The smallest absolute Gasteiger partial charge is 0.0901 e. The second-order valence-electron chi connectivity index (χ2n) is 3.20. The van der Waals surface area contributed by atoms with Gasteiger partial charge in [-0.05, 0) is 40.5 Å². The zero-order valence-electron chi connectivity index (χ0n) is 7.43. The van der Waals surface area contributed by atoms with E-state index in [2.05, 4.69) is 49.1 Å². The average Bonchev–Trinajstić information content (AvgIpc) is 1.87. The minimum Gasteiger partial charge on any atom is -0.349 e. The summed E-state index contributed by atoms with van der Waals surface area (Å²) in [6.45, 7) is 11.1. The summed E-state index contributed by atoms with van der Waals surface area (Å²) in [5, 5.41) is 0. The summed E-state index contributed by atoms with van der Waals surface area (Å²) in [7, 11) is 0. The number of halogens is 1. The van der Waals surface area contributed by atoms with Crippen LogP contribution < -0.4 is 0 Å². The maximum absolute atomic E-state index is 5.48. The normalized spacial score (nSPS) is 14.5. The predicted molar refractivity (Wildman–Crippen MR) is 61.4 cm³/mol. The van der Waals surface area contributed by atoms with Crippen molar-refractivity contribution in [1.29, 1.82) is 0 Å². The molecule has 0 spiro atoms. The fourth-order valence-corrected chi connectivity index (χ4v) is 1.47. The van der Waals surface area contributed by atoms with E-state index in [1.54, 1.807) is 0 Å². The summed E-state index contributed by atoms with van der Waals surface area (Å²) >= 11 is 2.32. The fraction of sp³-hybridized carbons (Fsp3) is 0.750. The van der Waals surface area contributed by atoms with Crippen molar-refractivity contribution in [2.24, 2.45) is 5.41 Å². The first kappa shape index (κ1) is 11.9. The van der Waals surface area contributed by atoms with E-state index in [0.717, 1.165) is 13.0 Å². The van der Waals surface area contributed by atoms with Crippen LogP contribution in [0.4, 0.5) is 0 Å². The molecule has 0 fully saturated rings. The minimum absolute atomic E-state index is 0.223. The Bertz CT molecular complexity index is 123. The van der Waals surface area contributed by atoms with Gasteiger partial charge in [0, 0.05) is 0 Å². The van der Waals surface area contributed by atoms with Gasteiger partial charge in [-0.15, -0.1) is 6.58 Å². The van der Waals surface area contributed by atoms with Gasteiger partial charge < -0.3 is 4.52 Å². The van der Waals surface area contributed by atoms with Crippen LogP contribution in [0, 0.1) is 5.41 Å². The molecule has 0 aliphatic carbocycles. The molecule has 11 heavy (non-hydrogen) atoms. The SMILES string of the molecule is C=CC(C)(C)CCOP(C)I. The molecule has 1 atom stereocenters. The highest BCUT2D eigenvalue weighted by atomic mass is 127. The van der Waals surface area contributed by atoms with Gasteiger partial charge in [0.05, 0.1) is 12.4 Å². The highest BCUT2D eigenvalue weighted by Gasteiger charge is 2.12. The third-order valence-electron chi connectivity index (χ3n) is 1.57. The quantitative estimate of drug-likeness (QED) is 0.422. The summed E-state index contributed by atoms with van der Waals surface area (Å²) in [4.78, 5) is 0. The third-order valence-corrected chi connectivity index (χ3v) is 2.94. The molecule has 1 unspecified atom stereocenters. The maximum Gasteiger partial charge on any atom is 0.0901 e. The Labute approximate surface area is 83.9 Å². The van der Waals surface area contributed by atoms with Crippen molar-refractivity contribution in [3.05, 3.63) is 12.7 Å². The molecule has 0 aromatic heterocycles. The molecule has 0 saturated heterocycles. The summed E-state index contributed by atoms with van der Waals surface area (Å²) < 4.78 is 5.48. The lowest BCUT2D eigenvalue weighted by atomic mass is 9.90. The lowest BCUT2D eigenvalue weighted by molar-refractivity contribution is 0.289. The summed E-state index contributed by atoms with van der Waals surface area (Å²) in [5.41, 5.74) is 0.224. The van der Waals surface area contributed by atoms with Crippen molar-refractivity contribution in [3.63, 3.8) is 0 Å². The Balaban J connectivity index is 3.45. The Morgan fingerprint density at radius 1 is 1.64 bits per heavy atom. The van der Waals surface area contributed by atoms with Crippen LogP contribution in [-0.2, 0) is 4.52 Å². The van der Waals surface area contributed by atoms with Gasteiger partial charge in [0.2, 0.25) is 0 Å². The summed E-state index contributed by atoms with van der Waals surface area (Å²) in [6.07, 6.45) is 3.05. The average molecular weight is 286 g/mol. The topological polar surface area (TPSA) is 9.23 Å². The lowest BCUT2D eigenvalue weighted by Crippen LogP contribution is -2.09. The Hall–Kier alpha value is 0.860. The molecule has 0 rings (SSSR count). The molecule has 0 aliphatic rings. The van der Waals surface area contributed by atoms with Crippen molar-refractivity contribution < 1.29 is 4.52 Å². The molecule has 1 nitrogen and oxygen atoms in total. The molecule has 0 aromatic carbocycles. The van der Waals surface area contributed by atoms with Crippen molar-refractivity contribution in [1.82, 2.24) is 0 Å². The second kappa shape index (κ2) is 5.50. The highest BCUT2D eigenvalue weighted by Crippen LogP contribution is 2.42. The van der Waals surface area contributed by atoms with Crippen LogP contribution in [0.3, 0.4) is 0 Å². The molecule has 0 N–H and O–H groups in total. The van der Waals surface area contributed by atoms with Gasteiger partial charge >= 0.3 is 0 Å². The van der Waals surface area contributed by atoms with Crippen molar-refractivity contribution in [2.45, 2.75) is 20.3 Å². The van der Waals surface area contributed by atoms with Gasteiger partial charge in [0.25, 0.3) is 0 Å². The first-order valence-corrected chi connectivity index (χ1v) is 8.13. The van der Waals surface area contributed by atoms with Gasteiger partial charge in [-0.2, -0.15) is 0 Å². The minimum atomic E-state index is -0.223. The van der Waals surface area contributed by atoms with E-state index in [4.69, 9.17) is 4.52 Å². The van der Waals surface area contributed by atoms with Crippen molar-refractivity contribution in [2.75, 3.05) is 13.3 Å². The van der Waals surface area contributed by atoms with Crippen LogP contribution in [0.5, 0.6) is 0 Å². The fourth-order valence-electron chi connectivity index (χ4n) is 0.537. The Morgan fingerprint density at radius 3 is 2.55 bits per heavy atom. The number of allylic oxidation sites excluding steroid dienone is 1. The van der Waals surface area contributed by atoms with Gasteiger partial charge in [-0.25, -0.2) is 0 Å². The van der Waals surface area contributed by atoms with Gasteiger partial charge in [0.1, 0.15) is 0 Å². The number of hydrogen-bond acceptors (Lipinski definition) is 1. The van der Waals surface area contributed by atoms with E-state index in [0.29, 0.717) is 0 Å². The molecule has 0 aromatic rings. The van der Waals surface area contributed by atoms with Crippen LogP contribution in [0.15, 0.2) is 12.7 Å². The van der Waals surface area contributed by atoms with Gasteiger partial charge in [0.15, 0.2) is 0 Å². The summed E-state index contributed by atoms with van der Waals surface area (Å²) in [6, 6.07) is 0. The number of hydrogen-bond donors (Lipinski definition) is 0. The van der Waals surface area contributed by atoms with Crippen LogP contribution in [0.2, 0.25) is 0 Å². The van der Waals surface area contributed by atoms with E-state index in [9.17, 15) is 0 Å². The zero-order chi connectivity index (χ0) is 8.91. The zero-order valence-corrected chi connectivity index (χ0v) is 10.5. The predicted octanol–water partition coefficient (Wildman–Crippen LogP) is 3.98. The molecular formula is C8H16IOP. The number of rotatable bonds is 5. The van der Waals surface area contributed by atoms with E-state index >= 15 is 0 Å². The lowest BCUT2D eigenvalue weighted by Gasteiger charge is -2.19. The van der Waals surface area contributed by atoms with E-state index in [1.807, 2.05) is 6.08 Å². The molecule has 0 bridgehead atoms. The first-order valence-electron chi connectivity index (χ1n) is 3.64. The molecule has 3 heteroatoms. The molecule has 0 aliphatic heterocycles. The van der Waals surface area contributed by atoms with Crippen LogP contribution in [0.1, 0.15) is 20.3 Å². The van der Waals surface area contributed by atoms with Crippen LogP contribution in [0.25, 0.3) is 0 Å². The van der Waals surface area contributed by atoms with Crippen molar-refractivity contribution >= 4 is 27.8 Å². The second-order valence-corrected chi connectivity index (χ2v) is 8.37. The van der Waals surface area contributed by atoms with E-state index in [1.165, 1.54) is 0 Å². The molecular weight excluding hydrogens is 270 g/mol. The molecule has 0 radical (unpaired) electrons. The van der Waals surface area contributed by atoms with Crippen molar-refractivity contribution in [3.8, 4) is 0 Å². The van der Waals surface area contributed by atoms with E-state index in [-0.39, 0.29) is 11.2 Å². The first-order chi connectivity index (χ1) is 4.98. The largest absolute Gasteiger partial charge is 0.349 e. The van der Waals surface area contributed by atoms with Gasteiger partial charge in [-0.1, -0.05) is 19.9 Å². The monoisotopic (exact) mass is 286 g/mol. The standard InChI is InChI=1S/C8H16IOP/c1-5-8(2,3)6-7-10-11(4)9/h5H,1,6-7H2,2-4H3. The summed E-state index contributed by atoms with van der Waals surface area (Å²) in [5.74, 6) is -0.223. The molecule has 0 heterocycles. The molecule has 0 saturated carbocycles. The molecule has 66 valence electrons.